The van der Waals surface area contributed by atoms with Crippen molar-refractivity contribution in [2.75, 3.05) is 0 Å². The van der Waals surface area contributed by atoms with E-state index in [1.165, 1.54) is 16.7 Å². The molecule has 1 aliphatic rings. The number of benzene rings is 2. The second-order valence-electron chi connectivity index (χ2n) is 5.04. The van der Waals surface area contributed by atoms with Gasteiger partial charge < -0.3 is 10.8 Å². The molecule has 18 heavy (non-hydrogen) atoms. The molecule has 0 amide bonds. The first-order chi connectivity index (χ1) is 8.74. The smallest absolute Gasteiger partial charge is 0.115 e. The van der Waals surface area contributed by atoms with Crippen LogP contribution in [0.25, 0.3) is 0 Å². The molecular weight excluding hydrogens is 222 g/mol. The Hall–Kier alpha value is -1.80. The van der Waals surface area contributed by atoms with Crippen molar-refractivity contribution in [1.29, 1.82) is 0 Å². The van der Waals surface area contributed by atoms with Crippen LogP contribution in [-0.2, 0) is 12.8 Å². The van der Waals surface area contributed by atoms with E-state index in [9.17, 15) is 5.11 Å². The van der Waals surface area contributed by atoms with Crippen LogP contribution in [0, 0.1) is 0 Å². The Morgan fingerprint density at radius 1 is 1.11 bits per heavy atom. The van der Waals surface area contributed by atoms with E-state index in [1.54, 1.807) is 12.1 Å². The third-order valence-electron chi connectivity index (χ3n) is 3.82. The third-order valence-corrected chi connectivity index (χ3v) is 3.82. The first-order valence-electron chi connectivity index (χ1n) is 6.35. The zero-order valence-corrected chi connectivity index (χ0v) is 10.2. The Morgan fingerprint density at radius 2 is 1.83 bits per heavy atom. The van der Waals surface area contributed by atoms with E-state index in [1.807, 2.05) is 12.1 Å². The molecule has 2 nitrogen and oxygen atoms in total. The molecule has 2 aromatic rings. The summed E-state index contributed by atoms with van der Waals surface area (Å²) in [5.74, 6) is 0.788. The van der Waals surface area contributed by atoms with E-state index in [-0.39, 0.29) is 6.04 Å². The summed E-state index contributed by atoms with van der Waals surface area (Å²) in [4.78, 5) is 0. The van der Waals surface area contributed by atoms with Gasteiger partial charge in [0.05, 0.1) is 0 Å². The molecule has 0 aliphatic heterocycles. The molecule has 2 unspecified atom stereocenters. The van der Waals surface area contributed by atoms with E-state index >= 15 is 0 Å². The summed E-state index contributed by atoms with van der Waals surface area (Å²) in [5.41, 5.74) is 10.3. The normalized spacial score (nSPS) is 18.8. The fraction of sp³-hybridized carbons (Fsp3) is 0.250. The van der Waals surface area contributed by atoms with Gasteiger partial charge >= 0.3 is 0 Å². The first kappa shape index (κ1) is 11.3. The average molecular weight is 239 g/mol. The summed E-state index contributed by atoms with van der Waals surface area (Å²) >= 11 is 0. The molecule has 0 bridgehead atoms. The average Bonchev–Trinajstić information content (AvgIpc) is 2.34. The van der Waals surface area contributed by atoms with Gasteiger partial charge in [-0.1, -0.05) is 36.4 Å². The number of aromatic hydroxyl groups is 1. The second-order valence-corrected chi connectivity index (χ2v) is 5.04. The topological polar surface area (TPSA) is 46.2 Å². The molecule has 0 spiro atoms. The van der Waals surface area contributed by atoms with Crippen LogP contribution >= 0.6 is 0 Å². The summed E-state index contributed by atoms with van der Waals surface area (Å²) in [6.07, 6.45) is 1.95. The van der Waals surface area contributed by atoms with E-state index in [0.29, 0.717) is 11.7 Å². The fourth-order valence-corrected chi connectivity index (χ4v) is 2.73. The van der Waals surface area contributed by atoms with Gasteiger partial charge in [-0.3, -0.25) is 0 Å². The van der Waals surface area contributed by atoms with Gasteiger partial charge in [0.1, 0.15) is 5.75 Å². The van der Waals surface area contributed by atoms with Gasteiger partial charge in [0.25, 0.3) is 0 Å². The predicted molar refractivity (Wildman–Crippen MR) is 72.7 cm³/mol. The summed E-state index contributed by atoms with van der Waals surface area (Å²) in [5, 5.41) is 9.26. The van der Waals surface area contributed by atoms with Crippen molar-refractivity contribution >= 4 is 0 Å². The minimum absolute atomic E-state index is 0.157. The predicted octanol–water partition coefficient (Wildman–Crippen LogP) is 2.60. The summed E-state index contributed by atoms with van der Waals surface area (Å²) in [6.45, 7) is 0. The summed E-state index contributed by atoms with van der Waals surface area (Å²) < 4.78 is 0. The Labute approximate surface area is 107 Å². The van der Waals surface area contributed by atoms with Gasteiger partial charge in [-0.15, -0.1) is 0 Å². The Balaban J connectivity index is 1.70. The number of phenols is 1. The standard InChI is InChI=1S/C16H17NO/c17-16(9-11-5-7-13(18)8-6-11)15-10-12-3-1-2-4-14(12)15/h1-8,15-16,18H,9-10,17H2. The van der Waals surface area contributed by atoms with E-state index in [4.69, 9.17) is 5.73 Å². The molecule has 1 aliphatic carbocycles. The monoisotopic (exact) mass is 239 g/mol. The van der Waals surface area contributed by atoms with Gasteiger partial charge in [-0.2, -0.15) is 0 Å². The van der Waals surface area contributed by atoms with E-state index in [0.717, 1.165) is 12.8 Å². The molecule has 0 fully saturated rings. The summed E-state index contributed by atoms with van der Waals surface area (Å²) in [7, 11) is 0. The molecular formula is C16H17NO. The van der Waals surface area contributed by atoms with Gasteiger partial charge in [-0.05, 0) is 41.7 Å². The van der Waals surface area contributed by atoms with Crippen molar-refractivity contribution in [1.82, 2.24) is 0 Å². The number of rotatable bonds is 3. The number of nitrogens with two attached hydrogens (primary N) is 1. The van der Waals surface area contributed by atoms with Crippen LogP contribution in [0.15, 0.2) is 48.5 Å². The lowest BCUT2D eigenvalue weighted by Gasteiger charge is -2.34. The molecule has 0 radical (unpaired) electrons. The van der Waals surface area contributed by atoms with Crippen molar-refractivity contribution in [2.24, 2.45) is 5.73 Å². The lowest BCUT2D eigenvalue weighted by atomic mass is 9.72. The molecule has 0 saturated heterocycles. The van der Waals surface area contributed by atoms with Gasteiger partial charge in [0, 0.05) is 12.0 Å². The van der Waals surface area contributed by atoms with Crippen LogP contribution in [0.2, 0.25) is 0 Å². The number of phenolic OH excluding ortho intramolecular Hbond substituents is 1. The number of fused-ring (bicyclic) bond motifs is 1. The van der Waals surface area contributed by atoms with Crippen LogP contribution in [0.5, 0.6) is 5.75 Å². The molecule has 2 heteroatoms. The Kier molecular flexibility index (Phi) is 2.80. The largest absolute Gasteiger partial charge is 0.508 e. The molecule has 92 valence electrons. The van der Waals surface area contributed by atoms with Crippen LogP contribution in [0.3, 0.4) is 0 Å². The van der Waals surface area contributed by atoms with Crippen LogP contribution in [-0.4, -0.2) is 11.1 Å². The molecule has 3 rings (SSSR count). The van der Waals surface area contributed by atoms with Gasteiger partial charge in [-0.25, -0.2) is 0 Å². The number of hydrogen-bond acceptors (Lipinski definition) is 2. The van der Waals surface area contributed by atoms with Crippen molar-refractivity contribution in [3.63, 3.8) is 0 Å². The highest BCUT2D eigenvalue weighted by Crippen LogP contribution is 2.37. The molecule has 0 heterocycles. The van der Waals surface area contributed by atoms with Crippen LogP contribution in [0.1, 0.15) is 22.6 Å². The summed E-state index contributed by atoms with van der Waals surface area (Å²) in [6, 6.07) is 16.0. The van der Waals surface area contributed by atoms with Crippen molar-refractivity contribution in [3.05, 3.63) is 65.2 Å². The zero-order chi connectivity index (χ0) is 12.5. The SMILES string of the molecule is NC(Cc1ccc(O)cc1)C1Cc2ccccc21. The van der Waals surface area contributed by atoms with E-state index < -0.39 is 0 Å². The maximum Gasteiger partial charge on any atom is 0.115 e. The minimum atomic E-state index is 0.157. The van der Waals surface area contributed by atoms with E-state index in [2.05, 4.69) is 24.3 Å². The molecule has 2 atom stereocenters. The van der Waals surface area contributed by atoms with Gasteiger partial charge in [0.15, 0.2) is 0 Å². The first-order valence-corrected chi connectivity index (χ1v) is 6.35. The highest BCUT2D eigenvalue weighted by atomic mass is 16.3. The van der Waals surface area contributed by atoms with Crippen LogP contribution < -0.4 is 5.73 Å². The molecule has 3 N–H and O–H groups in total. The van der Waals surface area contributed by atoms with Crippen molar-refractivity contribution in [2.45, 2.75) is 24.8 Å². The lowest BCUT2D eigenvalue weighted by molar-refractivity contribution is 0.471. The number of hydrogen-bond donors (Lipinski definition) is 2. The maximum absolute atomic E-state index is 9.26. The van der Waals surface area contributed by atoms with Gasteiger partial charge in [0.2, 0.25) is 0 Å². The molecule has 0 saturated carbocycles. The fourth-order valence-electron chi connectivity index (χ4n) is 2.73. The molecule has 0 aromatic heterocycles. The van der Waals surface area contributed by atoms with Crippen molar-refractivity contribution in [3.8, 4) is 5.75 Å². The third kappa shape index (κ3) is 2.00. The maximum atomic E-state index is 9.26. The Bertz CT molecular complexity index is 547. The quantitative estimate of drug-likeness (QED) is 0.864. The van der Waals surface area contributed by atoms with Crippen LogP contribution in [0.4, 0.5) is 0 Å². The zero-order valence-electron chi connectivity index (χ0n) is 10.2. The lowest BCUT2D eigenvalue weighted by Crippen LogP contribution is -2.37. The van der Waals surface area contributed by atoms with Crippen molar-refractivity contribution < 1.29 is 5.11 Å². The highest BCUT2D eigenvalue weighted by Gasteiger charge is 2.30. The second kappa shape index (κ2) is 4.46. The Morgan fingerprint density at radius 3 is 2.56 bits per heavy atom. The minimum Gasteiger partial charge on any atom is -0.508 e. The molecule has 2 aromatic carbocycles. The highest BCUT2D eigenvalue weighted by molar-refractivity contribution is 5.41.